The van der Waals surface area contributed by atoms with E-state index in [4.69, 9.17) is 26.8 Å². The first-order valence-corrected chi connectivity index (χ1v) is 21.9. The Bertz CT molecular complexity index is 1930. The van der Waals surface area contributed by atoms with Gasteiger partial charge < -0.3 is 36.5 Å². The Kier molecular flexibility index (Phi) is 17.0. The van der Waals surface area contributed by atoms with Crippen molar-refractivity contribution in [3.05, 3.63) is 77.9 Å². The number of anilines is 2. The highest BCUT2D eigenvalue weighted by Crippen LogP contribution is 2.46. The highest BCUT2D eigenvalue weighted by molar-refractivity contribution is 6.19. The van der Waals surface area contributed by atoms with Crippen LogP contribution in [0, 0.1) is 5.92 Å². The van der Waals surface area contributed by atoms with Gasteiger partial charge >= 0.3 is 12.1 Å². The number of rotatable bonds is 23. The molecular formula is C46H64ClN7O6. The number of amides is 5. The molecule has 6 N–H and O–H groups in total. The minimum Gasteiger partial charge on any atom is -0.488 e. The average molecular weight is 847 g/mol. The van der Waals surface area contributed by atoms with E-state index >= 15 is 0 Å². The van der Waals surface area contributed by atoms with Crippen molar-refractivity contribution in [1.82, 2.24) is 20.9 Å². The molecule has 3 aromatic rings. The number of hydrogen-bond donors (Lipinski definition) is 5. The van der Waals surface area contributed by atoms with Crippen molar-refractivity contribution in [2.45, 2.75) is 103 Å². The van der Waals surface area contributed by atoms with Gasteiger partial charge in [-0.1, -0.05) is 63.1 Å². The number of ether oxygens (including phenoxy) is 2. The van der Waals surface area contributed by atoms with Gasteiger partial charge in [0.25, 0.3) is 11.8 Å². The van der Waals surface area contributed by atoms with E-state index in [9.17, 15) is 19.2 Å². The first kappa shape index (κ1) is 46.2. The number of nitrogens with two attached hydrogens (primary N) is 1. The maximum absolute atomic E-state index is 13.3. The monoisotopic (exact) mass is 845 g/mol. The molecule has 2 aliphatic heterocycles. The molecule has 60 heavy (non-hydrogen) atoms. The fourth-order valence-corrected chi connectivity index (χ4v) is 7.88. The molecule has 0 radical (unpaired) electrons. The van der Waals surface area contributed by atoms with Gasteiger partial charge in [0.1, 0.15) is 18.0 Å². The van der Waals surface area contributed by atoms with Gasteiger partial charge in [0.2, 0.25) is 0 Å². The molecule has 0 bridgehead atoms. The van der Waals surface area contributed by atoms with E-state index in [2.05, 4.69) is 65.4 Å². The Morgan fingerprint density at radius 3 is 2.27 bits per heavy atom. The number of carbonyl (C=O) groups excluding carboxylic acids is 4. The minimum absolute atomic E-state index is 0.0247. The largest absolute Gasteiger partial charge is 0.488 e. The molecule has 0 fully saturated rings. The van der Waals surface area contributed by atoms with Crippen LogP contribution in [0.15, 0.2) is 66.7 Å². The Labute approximate surface area is 360 Å². The van der Waals surface area contributed by atoms with Crippen molar-refractivity contribution in [1.29, 1.82) is 0 Å². The predicted octanol–water partition coefficient (Wildman–Crippen LogP) is 7.41. The summed E-state index contributed by atoms with van der Waals surface area (Å²) < 4.78 is 12.2. The Morgan fingerprint density at radius 2 is 1.60 bits per heavy atom. The summed E-state index contributed by atoms with van der Waals surface area (Å²) in [5.74, 6) is 1.03. The topological polar surface area (TPSA) is 167 Å². The van der Waals surface area contributed by atoms with Crippen LogP contribution in [0.5, 0.6) is 5.75 Å². The second-order valence-electron chi connectivity index (χ2n) is 17.1. The molecule has 0 spiro atoms. The summed E-state index contributed by atoms with van der Waals surface area (Å²) in [5, 5.41) is 15.8. The lowest BCUT2D eigenvalue weighted by atomic mass is 9.95. The van der Waals surface area contributed by atoms with E-state index in [-0.39, 0.29) is 29.8 Å². The zero-order chi connectivity index (χ0) is 43.2. The second-order valence-corrected chi connectivity index (χ2v) is 17.4. The standard InChI is InChI=1S/C46H64ClN7O6/c1-31(2)38(49-22-10-6-7-11-24-53-41(55)20-21-42(53)56)28-52-35(13-12-23-50-44(48)57)27-51-34-18-16-32(17-19-34)30-59-40-25-39-43(37-15-9-8-14-36(37)40)33(26-47)29-54(39)45(58)60-46(3,4)5/h8-9,14-21,25,31,33,35,38,49,51-52H,6-7,10-13,22-24,26-30H2,1-5H3,(H3,48,50,57)/t33?,35-,38+/m1/s1. The Morgan fingerprint density at radius 1 is 0.900 bits per heavy atom. The van der Waals surface area contributed by atoms with Crippen LogP contribution >= 0.6 is 11.6 Å². The molecule has 14 heteroatoms. The van der Waals surface area contributed by atoms with E-state index in [0.717, 1.165) is 84.9 Å². The van der Waals surface area contributed by atoms with Crippen LogP contribution in [0.4, 0.5) is 21.0 Å². The number of primary amides is 1. The van der Waals surface area contributed by atoms with Crippen molar-refractivity contribution in [3.8, 4) is 5.75 Å². The molecule has 1 unspecified atom stereocenters. The predicted molar refractivity (Wildman–Crippen MR) is 240 cm³/mol. The number of carbonyl (C=O) groups is 4. The molecule has 0 saturated carbocycles. The first-order valence-electron chi connectivity index (χ1n) is 21.4. The number of halogens is 1. The van der Waals surface area contributed by atoms with E-state index in [1.54, 1.807) is 4.90 Å². The molecule has 0 aliphatic carbocycles. The number of nitrogens with one attached hydrogen (secondary N) is 4. The van der Waals surface area contributed by atoms with E-state index in [0.29, 0.717) is 50.3 Å². The number of imide groups is 1. The van der Waals surface area contributed by atoms with Crippen LogP contribution in [0.25, 0.3) is 10.8 Å². The molecule has 3 atom stereocenters. The maximum Gasteiger partial charge on any atom is 0.414 e. The molecule has 5 amide bonds. The summed E-state index contributed by atoms with van der Waals surface area (Å²) >= 11 is 6.45. The fourth-order valence-electron chi connectivity index (χ4n) is 7.63. The van der Waals surface area contributed by atoms with Crippen molar-refractivity contribution >= 4 is 57.7 Å². The number of fused-ring (bicyclic) bond motifs is 3. The molecule has 3 aromatic carbocycles. The van der Waals surface area contributed by atoms with Crippen LogP contribution in [-0.4, -0.2) is 91.7 Å². The second kappa shape index (κ2) is 22.1. The number of hydrogen-bond acceptors (Lipinski definition) is 9. The van der Waals surface area contributed by atoms with Crippen LogP contribution in [0.1, 0.15) is 90.2 Å². The van der Waals surface area contributed by atoms with Gasteiger partial charge in [0.15, 0.2) is 0 Å². The Hall–Kier alpha value is -4.85. The molecule has 2 aliphatic rings. The van der Waals surface area contributed by atoms with Crippen LogP contribution in [-0.2, 0) is 20.9 Å². The fraction of sp³-hybridized carbons (Fsp3) is 0.522. The van der Waals surface area contributed by atoms with Crippen LogP contribution < -0.4 is 36.6 Å². The van der Waals surface area contributed by atoms with Crippen LogP contribution in [0.3, 0.4) is 0 Å². The smallest absolute Gasteiger partial charge is 0.414 e. The van der Waals surface area contributed by atoms with Crippen molar-refractivity contribution < 1.29 is 28.7 Å². The summed E-state index contributed by atoms with van der Waals surface area (Å²) in [4.78, 5) is 51.1. The molecule has 0 saturated heterocycles. The summed E-state index contributed by atoms with van der Waals surface area (Å²) in [6.45, 7) is 14.2. The quantitative estimate of drug-likeness (QED) is 0.0371. The number of nitrogens with zero attached hydrogens (tertiary/aromatic N) is 2. The number of alkyl halides is 1. The SMILES string of the molecule is CC(C)[C@H](CN[C@H](CCCNC(N)=O)CNc1ccc(COc2cc3c(c4ccccc24)C(CCl)CN3C(=O)OC(C)(C)C)cc1)NCCCCCCN1C(=O)C=CC1=O. The maximum atomic E-state index is 13.3. The third-order valence-corrected chi connectivity index (χ3v) is 11.3. The van der Waals surface area contributed by atoms with Crippen LogP contribution in [0.2, 0.25) is 0 Å². The lowest BCUT2D eigenvalue weighted by Crippen LogP contribution is -2.47. The van der Waals surface area contributed by atoms with Crippen molar-refractivity contribution in [3.63, 3.8) is 0 Å². The zero-order valence-electron chi connectivity index (χ0n) is 35.9. The van der Waals surface area contributed by atoms with E-state index in [1.807, 2.05) is 45.0 Å². The summed E-state index contributed by atoms with van der Waals surface area (Å²) in [6.07, 6.45) is 7.70. The van der Waals surface area contributed by atoms with Crippen molar-refractivity contribution in [2.75, 3.05) is 55.4 Å². The number of urea groups is 1. The van der Waals surface area contributed by atoms with Gasteiger partial charge in [-0.2, -0.15) is 0 Å². The highest BCUT2D eigenvalue weighted by atomic mass is 35.5. The van der Waals surface area contributed by atoms with Gasteiger partial charge in [-0.25, -0.2) is 9.59 Å². The number of unbranched alkanes of at least 4 members (excludes halogenated alkanes) is 3. The zero-order valence-corrected chi connectivity index (χ0v) is 36.6. The molecule has 2 heterocycles. The van der Waals surface area contributed by atoms with Gasteiger partial charge in [-0.05, 0) is 87.6 Å². The van der Waals surface area contributed by atoms with Crippen molar-refractivity contribution in [2.24, 2.45) is 11.7 Å². The average Bonchev–Trinajstić information content (AvgIpc) is 3.75. The van der Waals surface area contributed by atoms with Gasteiger partial charge in [0.05, 0.1) is 5.69 Å². The molecule has 13 nitrogen and oxygen atoms in total. The lowest BCUT2D eigenvalue weighted by molar-refractivity contribution is -0.136. The minimum atomic E-state index is -0.632. The van der Waals surface area contributed by atoms with Gasteiger partial charge in [-0.3, -0.25) is 19.4 Å². The van der Waals surface area contributed by atoms with E-state index in [1.165, 1.54) is 17.1 Å². The highest BCUT2D eigenvalue weighted by Gasteiger charge is 2.37. The van der Waals surface area contributed by atoms with Gasteiger partial charge in [0, 0.05) is 85.9 Å². The molecule has 326 valence electrons. The molecular weight excluding hydrogens is 782 g/mol. The normalized spacial score (nSPS) is 16.1. The summed E-state index contributed by atoms with van der Waals surface area (Å²) in [7, 11) is 0. The first-order chi connectivity index (χ1) is 28.7. The Balaban J connectivity index is 1.14. The lowest BCUT2D eigenvalue weighted by Gasteiger charge is -2.27. The molecule has 0 aromatic heterocycles. The third kappa shape index (κ3) is 13.3. The van der Waals surface area contributed by atoms with E-state index < -0.39 is 17.7 Å². The third-order valence-electron chi connectivity index (χ3n) is 10.9. The number of benzene rings is 3. The van der Waals surface area contributed by atoms with Gasteiger partial charge in [-0.15, -0.1) is 11.6 Å². The summed E-state index contributed by atoms with van der Waals surface area (Å²) in [5.41, 5.74) is 8.47. The molecule has 5 rings (SSSR count). The summed E-state index contributed by atoms with van der Waals surface area (Å²) in [6, 6.07) is 18.1.